The Bertz CT molecular complexity index is 665. The summed E-state index contributed by atoms with van der Waals surface area (Å²) in [4.78, 5) is 0. The molecule has 0 saturated heterocycles. The number of hydrogen-bond acceptors (Lipinski definition) is 5. The van der Waals surface area contributed by atoms with Crippen molar-refractivity contribution in [2.45, 2.75) is 10.8 Å². The van der Waals surface area contributed by atoms with Crippen LogP contribution in [-0.4, -0.2) is 15.5 Å². The normalized spacial score (nSPS) is 11.4. The molecule has 1 aromatic carbocycles. The van der Waals surface area contributed by atoms with E-state index in [1.165, 1.54) is 6.07 Å². The highest BCUT2D eigenvalue weighted by atomic mass is 32.2. The maximum absolute atomic E-state index is 12.2. The number of ether oxygens (including phenoxy) is 1. The molecule has 0 aliphatic carbocycles. The van der Waals surface area contributed by atoms with Crippen molar-refractivity contribution in [1.29, 1.82) is 0 Å². The number of thiophene rings is 1. The number of rotatable bonds is 5. The maximum Gasteiger partial charge on any atom is 0.271 e. The molecule has 3 N–H and O–H groups in total. The second kappa shape index (κ2) is 5.60. The minimum absolute atomic E-state index is 0.192. The van der Waals surface area contributed by atoms with Gasteiger partial charge in [0.15, 0.2) is 0 Å². The third kappa shape index (κ3) is 3.25. The van der Waals surface area contributed by atoms with Crippen LogP contribution in [0.5, 0.6) is 0 Å². The van der Waals surface area contributed by atoms with E-state index in [4.69, 9.17) is 10.5 Å². The number of nitrogens with two attached hydrogens (primary N) is 1. The molecule has 0 aliphatic rings. The Hall–Kier alpha value is -1.57. The first-order valence-corrected chi connectivity index (χ1v) is 7.83. The topological polar surface area (TPSA) is 81.4 Å². The van der Waals surface area contributed by atoms with E-state index in [-0.39, 0.29) is 4.21 Å². The van der Waals surface area contributed by atoms with Crippen molar-refractivity contribution in [2.75, 3.05) is 17.6 Å². The minimum Gasteiger partial charge on any atom is -0.398 e. The SMILES string of the molecule is COCc1ccccc1NS(=O)(=O)c1cc(N)cs1. The molecule has 2 rings (SSSR count). The molecule has 0 radical (unpaired) electrons. The lowest BCUT2D eigenvalue weighted by Gasteiger charge is -2.10. The van der Waals surface area contributed by atoms with Crippen LogP contribution in [0.4, 0.5) is 11.4 Å². The van der Waals surface area contributed by atoms with E-state index in [1.807, 2.05) is 12.1 Å². The number of nitrogen functional groups attached to an aromatic ring is 1. The summed E-state index contributed by atoms with van der Waals surface area (Å²) < 4.78 is 32.1. The van der Waals surface area contributed by atoms with Gasteiger partial charge in [0.2, 0.25) is 0 Å². The summed E-state index contributed by atoms with van der Waals surface area (Å²) >= 11 is 1.09. The fourth-order valence-electron chi connectivity index (χ4n) is 1.57. The molecule has 0 fully saturated rings. The van der Waals surface area contributed by atoms with Crippen LogP contribution in [0.1, 0.15) is 5.56 Å². The Labute approximate surface area is 116 Å². The van der Waals surface area contributed by atoms with E-state index in [2.05, 4.69) is 4.72 Å². The number of para-hydroxylation sites is 1. The van der Waals surface area contributed by atoms with E-state index in [9.17, 15) is 8.42 Å². The van der Waals surface area contributed by atoms with Crippen LogP contribution in [0.3, 0.4) is 0 Å². The first-order chi connectivity index (χ1) is 9.03. The maximum atomic E-state index is 12.2. The molecule has 0 unspecified atom stereocenters. The molecule has 2 aromatic rings. The lowest BCUT2D eigenvalue weighted by Crippen LogP contribution is -2.13. The van der Waals surface area contributed by atoms with E-state index < -0.39 is 10.0 Å². The first kappa shape index (κ1) is 13.9. The molecule has 0 atom stereocenters. The van der Waals surface area contributed by atoms with Crippen LogP contribution in [0, 0.1) is 0 Å². The average molecular weight is 298 g/mol. The predicted octanol–water partition coefficient (Wildman–Crippen LogP) is 2.28. The zero-order valence-electron chi connectivity index (χ0n) is 10.3. The zero-order chi connectivity index (χ0) is 13.9. The number of benzene rings is 1. The molecule has 5 nitrogen and oxygen atoms in total. The average Bonchev–Trinajstić information content (AvgIpc) is 2.79. The van der Waals surface area contributed by atoms with E-state index >= 15 is 0 Å². The lowest BCUT2D eigenvalue weighted by molar-refractivity contribution is 0.185. The molecule has 0 bridgehead atoms. The molecule has 1 heterocycles. The molecule has 0 aliphatic heterocycles. The molecule has 1 aromatic heterocycles. The Morgan fingerprint density at radius 2 is 2.11 bits per heavy atom. The summed E-state index contributed by atoms with van der Waals surface area (Å²) in [5.41, 5.74) is 7.27. The summed E-state index contributed by atoms with van der Waals surface area (Å²) in [7, 11) is -2.04. The summed E-state index contributed by atoms with van der Waals surface area (Å²) in [6, 6.07) is 8.54. The molecule has 102 valence electrons. The Kier molecular flexibility index (Phi) is 4.08. The second-order valence-corrected chi connectivity index (χ2v) is 6.72. The van der Waals surface area contributed by atoms with Gasteiger partial charge in [-0.25, -0.2) is 8.42 Å². The van der Waals surface area contributed by atoms with Crippen LogP contribution in [0.2, 0.25) is 0 Å². The van der Waals surface area contributed by atoms with Crippen LogP contribution in [0.25, 0.3) is 0 Å². The second-order valence-electron chi connectivity index (χ2n) is 3.89. The van der Waals surface area contributed by atoms with Crippen molar-refractivity contribution < 1.29 is 13.2 Å². The van der Waals surface area contributed by atoms with Crippen LogP contribution in [0.15, 0.2) is 39.9 Å². The fraction of sp³-hybridized carbons (Fsp3) is 0.167. The number of nitrogens with one attached hydrogen (secondary N) is 1. The fourth-order valence-corrected chi connectivity index (χ4v) is 3.75. The molecule has 0 spiro atoms. The van der Waals surface area contributed by atoms with Gasteiger partial charge < -0.3 is 10.5 Å². The van der Waals surface area contributed by atoms with Crippen LogP contribution >= 0.6 is 11.3 Å². The summed E-state index contributed by atoms with van der Waals surface area (Å²) in [5, 5.41) is 1.59. The van der Waals surface area contributed by atoms with Crippen molar-refractivity contribution in [3.63, 3.8) is 0 Å². The summed E-state index contributed by atoms with van der Waals surface area (Å²) in [5.74, 6) is 0. The number of anilines is 2. The predicted molar refractivity (Wildman–Crippen MR) is 76.7 cm³/mol. The van der Waals surface area contributed by atoms with E-state index in [0.717, 1.165) is 16.9 Å². The molecular weight excluding hydrogens is 284 g/mol. The third-order valence-electron chi connectivity index (χ3n) is 2.42. The third-order valence-corrected chi connectivity index (χ3v) is 5.25. The molecule has 0 saturated carbocycles. The van der Waals surface area contributed by atoms with Gasteiger partial charge in [-0.3, -0.25) is 4.72 Å². The highest BCUT2D eigenvalue weighted by molar-refractivity contribution is 7.94. The van der Waals surface area contributed by atoms with E-state index in [0.29, 0.717) is 18.0 Å². The highest BCUT2D eigenvalue weighted by Crippen LogP contribution is 2.25. The van der Waals surface area contributed by atoms with Crippen molar-refractivity contribution in [1.82, 2.24) is 0 Å². The van der Waals surface area contributed by atoms with Gasteiger partial charge in [0.25, 0.3) is 10.0 Å². The van der Waals surface area contributed by atoms with Crippen molar-refractivity contribution >= 4 is 32.7 Å². The van der Waals surface area contributed by atoms with Gasteiger partial charge in [0.1, 0.15) is 4.21 Å². The van der Waals surface area contributed by atoms with Crippen LogP contribution < -0.4 is 10.5 Å². The van der Waals surface area contributed by atoms with Crippen LogP contribution in [-0.2, 0) is 21.4 Å². The van der Waals surface area contributed by atoms with Gasteiger partial charge in [-0.1, -0.05) is 18.2 Å². The minimum atomic E-state index is -3.60. The Morgan fingerprint density at radius 1 is 1.37 bits per heavy atom. The smallest absolute Gasteiger partial charge is 0.271 e. The molecule has 0 amide bonds. The number of hydrogen-bond donors (Lipinski definition) is 2. The monoisotopic (exact) mass is 298 g/mol. The van der Waals surface area contributed by atoms with Crippen molar-refractivity contribution in [2.24, 2.45) is 0 Å². The van der Waals surface area contributed by atoms with Gasteiger partial charge in [0.05, 0.1) is 12.3 Å². The summed E-state index contributed by atoms with van der Waals surface area (Å²) in [6.07, 6.45) is 0. The largest absolute Gasteiger partial charge is 0.398 e. The summed E-state index contributed by atoms with van der Waals surface area (Å²) in [6.45, 7) is 0.339. The Balaban J connectivity index is 2.30. The van der Waals surface area contributed by atoms with Gasteiger partial charge in [-0.2, -0.15) is 0 Å². The first-order valence-electron chi connectivity index (χ1n) is 5.46. The van der Waals surface area contributed by atoms with Gasteiger partial charge in [-0.05, 0) is 12.1 Å². The highest BCUT2D eigenvalue weighted by Gasteiger charge is 2.17. The molecule has 7 heteroatoms. The standard InChI is InChI=1S/C12H14N2O3S2/c1-17-7-9-4-2-3-5-11(9)14-19(15,16)12-6-10(13)8-18-12/h2-6,8,14H,7,13H2,1H3. The van der Waals surface area contributed by atoms with Gasteiger partial charge in [0, 0.05) is 23.7 Å². The number of sulfonamides is 1. The zero-order valence-corrected chi connectivity index (χ0v) is 11.9. The van der Waals surface area contributed by atoms with Gasteiger partial charge in [-0.15, -0.1) is 11.3 Å². The number of methoxy groups -OCH3 is 1. The molecular formula is C12H14N2O3S2. The van der Waals surface area contributed by atoms with E-state index in [1.54, 1.807) is 24.6 Å². The lowest BCUT2D eigenvalue weighted by atomic mass is 10.2. The molecule has 19 heavy (non-hydrogen) atoms. The van der Waals surface area contributed by atoms with Gasteiger partial charge >= 0.3 is 0 Å². The van der Waals surface area contributed by atoms with Crippen molar-refractivity contribution in [3.05, 3.63) is 41.3 Å². The quantitative estimate of drug-likeness (QED) is 0.887. The Morgan fingerprint density at radius 3 is 2.74 bits per heavy atom. The van der Waals surface area contributed by atoms with Crippen molar-refractivity contribution in [3.8, 4) is 0 Å².